The van der Waals surface area contributed by atoms with Gasteiger partial charge in [-0.2, -0.15) is 0 Å². The smallest absolute Gasteiger partial charge is 0.0926 e. The highest BCUT2D eigenvalue weighted by Gasteiger charge is 2.05. The monoisotopic (exact) mass is 290 g/mol. The van der Waals surface area contributed by atoms with Crippen LogP contribution >= 0.6 is 15.9 Å². The van der Waals surface area contributed by atoms with E-state index in [0.717, 1.165) is 15.6 Å². The van der Waals surface area contributed by atoms with Crippen LogP contribution in [0.15, 0.2) is 58.4 Å². The zero-order chi connectivity index (χ0) is 12.1. The van der Waals surface area contributed by atoms with Crippen molar-refractivity contribution in [1.82, 2.24) is 4.98 Å². The van der Waals surface area contributed by atoms with Gasteiger partial charge in [0, 0.05) is 28.9 Å². The van der Waals surface area contributed by atoms with E-state index in [4.69, 9.17) is 5.21 Å². The summed E-state index contributed by atoms with van der Waals surface area (Å²) in [7, 11) is 0. The maximum Gasteiger partial charge on any atom is 0.0926 e. The van der Waals surface area contributed by atoms with Crippen LogP contribution in [0.5, 0.6) is 0 Å². The van der Waals surface area contributed by atoms with Crippen LogP contribution in [0.2, 0.25) is 0 Å². The highest BCUT2D eigenvalue weighted by Crippen LogP contribution is 2.13. The Morgan fingerprint density at radius 2 is 2.00 bits per heavy atom. The predicted octanol–water partition coefficient (Wildman–Crippen LogP) is 3.27. The topological polar surface area (TPSA) is 45.5 Å². The van der Waals surface area contributed by atoms with Gasteiger partial charge >= 0.3 is 0 Å². The third kappa shape index (κ3) is 3.14. The summed E-state index contributed by atoms with van der Waals surface area (Å²) in [6.07, 6.45) is 3.96. The Bertz CT molecular complexity index is 509. The minimum absolute atomic E-state index is 0.579. The summed E-state index contributed by atoms with van der Waals surface area (Å²) in [4.78, 5) is 4.01. The normalized spacial score (nSPS) is 11.5. The maximum atomic E-state index is 9.05. The van der Waals surface area contributed by atoms with Crippen LogP contribution in [0.3, 0.4) is 0 Å². The van der Waals surface area contributed by atoms with Crippen molar-refractivity contribution in [3.05, 3.63) is 64.4 Å². The molecule has 0 radical (unpaired) electrons. The quantitative estimate of drug-likeness (QED) is 0.536. The van der Waals surface area contributed by atoms with Gasteiger partial charge in [0.15, 0.2) is 0 Å². The molecule has 1 heterocycles. The highest BCUT2D eigenvalue weighted by molar-refractivity contribution is 9.10. The molecular formula is C13H11BrN2O. The molecule has 0 fully saturated rings. The first-order valence-electron chi connectivity index (χ1n) is 5.15. The zero-order valence-electron chi connectivity index (χ0n) is 9.05. The van der Waals surface area contributed by atoms with Crippen molar-refractivity contribution >= 4 is 21.6 Å². The minimum Gasteiger partial charge on any atom is -0.411 e. The Balaban J connectivity index is 2.19. The molecule has 1 N–H and O–H groups in total. The number of benzene rings is 1. The van der Waals surface area contributed by atoms with Crippen molar-refractivity contribution in [1.29, 1.82) is 0 Å². The van der Waals surface area contributed by atoms with Gasteiger partial charge in [-0.15, -0.1) is 0 Å². The van der Waals surface area contributed by atoms with E-state index >= 15 is 0 Å². The van der Waals surface area contributed by atoms with E-state index in [9.17, 15) is 0 Å². The molecule has 0 unspecified atom stereocenters. The molecule has 86 valence electrons. The molecule has 0 bridgehead atoms. The summed E-state index contributed by atoms with van der Waals surface area (Å²) < 4.78 is 1.03. The molecule has 0 saturated carbocycles. The van der Waals surface area contributed by atoms with E-state index < -0.39 is 0 Å². The Morgan fingerprint density at radius 3 is 2.59 bits per heavy atom. The van der Waals surface area contributed by atoms with Gasteiger partial charge in [0.25, 0.3) is 0 Å². The second kappa shape index (κ2) is 5.59. The van der Waals surface area contributed by atoms with Gasteiger partial charge in [0.1, 0.15) is 0 Å². The molecule has 4 heteroatoms. The molecule has 0 aliphatic carbocycles. The SMILES string of the molecule is O/N=C(/Cc1ccc(Br)cc1)c1cccnc1. The van der Waals surface area contributed by atoms with Crippen molar-refractivity contribution in [2.24, 2.45) is 5.16 Å². The fourth-order valence-corrected chi connectivity index (χ4v) is 1.79. The van der Waals surface area contributed by atoms with Gasteiger partial charge in [0.05, 0.1) is 5.71 Å². The van der Waals surface area contributed by atoms with Gasteiger partial charge in [-0.1, -0.05) is 33.2 Å². The van der Waals surface area contributed by atoms with Gasteiger partial charge in [0.2, 0.25) is 0 Å². The fraction of sp³-hybridized carbons (Fsp3) is 0.0769. The molecule has 0 atom stereocenters. The number of halogens is 1. The summed E-state index contributed by atoms with van der Waals surface area (Å²) in [5.74, 6) is 0. The molecular weight excluding hydrogens is 280 g/mol. The molecule has 17 heavy (non-hydrogen) atoms. The lowest BCUT2D eigenvalue weighted by Gasteiger charge is -2.04. The Hall–Kier alpha value is -1.68. The first kappa shape index (κ1) is 11.8. The van der Waals surface area contributed by atoms with E-state index in [1.54, 1.807) is 12.4 Å². The van der Waals surface area contributed by atoms with Crippen LogP contribution in [0.1, 0.15) is 11.1 Å². The zero-order valence-corrected chi connectivity index (χ0v) is 10.6. The van der Waals surface area contributed by atoms with Crippen LogP contribution in [-0.4, -0.2) is 15.9 Å². The largest absolute Gasteiger partial charge is 0.411 e. The summed E-state index contributed by atoms with van der Waals surface area (Å²) in [5.41, 5.74) is 2.53. The van der Waals surface area contributed by atoms with E-state index in [2.05, 4.69) is 26.1 Å². The van der Waals surface area contributed by atoms with Crippen LogP contribution in [0, 0.1) is 0 Å². The Morgan fingerprint density at radius 1 is 1.24 bits per heavy atom. The lowest BCUT2D eigenvalue weighted by atomic mass is 10.0. The third-order valence-electron chi connectivity index (χ3n) is 2.40. The standard InChI is InChI=1S/C13H11BrN2O/c14-12-5-3-10(4-6-12)8-13(16-17)11-2-1-7-15-9-11/h1-7,9,17H,8H2/b16-13-. The van der Waals surface area contributed by atoms with E-state index in [0.29, 0.717) is 12.1 Å². The molecule has 0 aliphatic heterocycles. The van der Waals surface area contributed by atoms with Crippen LogP contribution in [-0.2, 0) is 6.42 Å². The predicted molar refractivity (Wildman–Crippen MR) is 70.4 cm³/mol. The molecule has 2 rings (SSSR count). The number of aromatic nitrogens is 1. The number of hydrogen-bond acceptors (Lipinski definition) is 3. The average molecular weight is 291 g/mol. The molecule has 0 spiro atoms. The first-order chi connectivity index (χ1) is 8.29. The molecule has 1 aromatic heterocycles. The van der Waals surface area contributed by atoms with Crippen LogP contribution < -0.4 is 0 Å². The molecule has 0 amide bonds. The number of nitrogens with zero attached hydrogens (tertiary/aromatic N) is 2. The van der Waals surface area contributed by atoms with Crippen LogP contribution in [0.25, 0.3) is 0 Å². The number of hydrogen-bond donors (Lipinski definition) is 1. The van der Waals surface area contributed by atoms with E-state index in [1.165, 1.54) is 0 Å². The van der Waals surface area contributed by atoms with E-state index in [1.807, 2.05) is 36.4 Å². The van der Waals surface area contributed by atoms with Crippen molar-refractivity contribution in [3.8, 4) is 0 Å². The molecule has 3 nitrogen and oxygen atoms in total. The lowest BCUT2D eigenvalue weighted by molar-refractivity contribution is 0.318. The summed E-state index contributed by atoms with van der Waals surface area (Å²) >= 11 is 3.38. The lowest BCUT2D eigenvalue weighted by Crippen LogP contribution is -2.05. The van der Waals surface area contributed by atoms with Gasteiger partial charge in [-0.25, -0.2) is 0 Å². The van der Waals surface area contributed by atoms with Crippen molar-refractivity contribution in [2.45, 2.75) is 6.42 Å². The number of pyridine rings is 1. The molecule has 0 aliphatic rings. The third-order valence-corrected chi connectivity index (χ3v) is 2.93. The van der Waals surface area contributed by atoms with Crippen molar-refractivity contribution in [3.63, 3.8) is 0 Å². The van der Waals surface area contributed by atoms with Gasteiger partial charge in [-0.05, 0) is 29.8 Å². The van der Waals surface area contributed by atoms with Crippen molar-refractivity contribution in [2.75, 3.05) is 0 Å². The fourth-order valence-electron chi connectivity index (χ4n) is 1.52. The maximum absolute atomic E-state index is 9.05. The Labute approximate surface area is 108 Å². The second-order valence-electron chi connectivity index (χ2n) is 3.59. The Kier molecular flexibility index (Phi) is 3.88. The average Bonchev–Trinajstić information content (AvgIpc) is 2.39. The summed E-state index contributed by atoms with van der Waals surface area (Å²) in [5, 5.41) is 12.4. The molecule has 2 aromatic rings. The second-order valence-corrected chi connectivity index (χ2v) is 4.51. The van der Waals surface area contributed by atoms with E-state index in [-0.39, 0.29) is 0 Å². The number of oxime groups is 1. The van der Waals surface area contributed by atoms with Crippen molar-refractivity contribution < 1.29 is 5.21 Å². The summed E-state index contributed by atoms with van der Waals surface area (Å²) in [6, 6.07) is 11.6. The number of rotatable bonds is 3. The van der Waals surface area contributed by atoms with Gasteiger partial charge in [-0.3, -0.25) is 4.98 Å². The first-order valence-corrected chi connectivity index (χ1v) is 5.94. The summed E-state index contributed by atoms with van der Waals surface area (Å²) in [6.45, 7) is 0. The minimum atomic E-state index is 0.579. The highest BCUT2D eigenvalue weighted by atomic mass is 79.9. The van der Waals surface area contributed by atoms with Crippen LogP contribution in [0.4, 0.5) is 0 Å². The molecule has 1 aromatic carbocycles. The van der Waals surface area contributed by atoms with Gasteiger partial charge < -0.3 is 5.21 Å². The molecule has 0 saturated heterocycles.